The number of thiophene rings is 1. The van der Waals surface area contributed by atoms with Crippen molar-refractivity contribution < 1.29 is 4.79 Å². The summed E-state index contributed by atoms with van der Waals surface area (Å²) in [5.74, 6) is -0.250. The molecule has 3 aromatic rings. The van der Waals surface area contributed by atoms with Crippen LogP contribution >= 0.6 is 22.7 Å². The Bertz CT molecular complexity index is 896. The quantitative estimate of drug-likeness (QED) is 0.768. The van der Waals surface area contributed by atoms with E-state index < -0.39 is 0 Å². The molecule has 1 amide bonds. The highest BCUT2D eigenvalue weighted by Crippen LogP contribution is 2.27. The molecule has 3 heterocycles. The molecule has 8 heteroatoms. The SMILES string of the molecule is CCCCn1cnc2sc(C(=O)Nc3nccs3)c(C)c2c1=O. The number of unbranched alkanes of at least 4 members (excludes halogenated alkanes) is 1. The van der Waals surface area contributed by atoms with E-state index in [2.05, 4.69) is 22.2 Å². The van der Waals surface area contributed by atoms with E-state index in [1.54, 1.807) is 29.4 Å². The van der Waals surface area contributed by atoms with Crippen molar-refractivity contribution in [1.82, 2.24) is 14.5 Å². The zero-order valence-electron chi connectivity index (χ0n) is 12.8. The summed E-state index contributed by atoms with van der Waals surface area (Å²) in [4.78, 5) is 34.5. The predicted octanol–water partition coefficient (Wildman–Crippen LogP) is 3.28. The van der Waals surface area contributed by atoms with Gasteiger partial charge in [-0.15, -0.1) is 22.7 Å². The molecule has 3 aromatic heterocycles. The van der Waals surface area contributed by atoms with E-state index in [4.69, 9.17) is 0 Å². The smallest absolute Gasteiger partial charge is 0.267 e. The molecule has 0 spiro atoms. The van der Waals surface area contributed by atoms with Gasteiger partial charge in [0.05, 0.1) is 16.6 Å². The largest absolute Gasteiger partial charge is 0.299 e. The Morgan fingerprint density at radius 2 is 2.22 bits per heavy atom. The maximum Gasteiger partial charge on any atom is 0.267 e. The molecule has 0 aliphatic heterocycles. The van der Waals surface area contributed by atoms with E-state index in [0.29, 0.717) is 32.3 Å². The van der Waals surface area contributed by atoms with E-state index in [1.807, 2.05) is 0 Å². The van der Waals surface area contributed by atoms with Gasteiger partial charge in [0.25, 0.3) is 11.5 Å². The van der Waals surface area contributed by atoms with Crippen molar-refractivity contribution in [1.29, 1.82) is 0 Å². The van der Waals surface area contributed by atoms with Crippen LogP contribution in [0.4, 0.5) is 5.13 Å². The molecule has 0 fully saturated rings. The minimum Gasteiger partial charge on any atom is -0.299 e. The van der Waals surface area contributed by atoms with Crippen molar-refractivity contribution in [2.75, 3.05) is 5.32 Å². The number of nitrogens with zero attached hydrogens (tertiary/aromatic N) is 3. The van der Waals surface area contributed by atoms with Crippen LogP contribution in [0.15, 0.2) is 22.7 Å². The van der Waals surface area contributed by atoms with E-state index in [9.17, 15) is 9.59 Å². The first kappa shape index (κ1) is 15.8. The molecular formula is C15H16N4O2S2. The molecule has 0 radical (unpaired) electrons. The summed E-state index contributed by atoms with van der Waals surface area (Å²) in [5.41, 5.74) is 0.605. The molecule has 120 valence electrons. The number of thiazole rings is 1. The van der Waals surface area contributed by atoms with Gasteiger partial charge in [-0.1, -0.05) is 13.3 Å². The predicted molar refractivity (Wildman–Crippen MR) is 93.6 cm³/mol. The monoisotopic (exact) mass is 348 g/mol. The summed E-state index contributed by atoms with van der Waals surface area (Å²) in [6, 6.07) is 0. The average Bonchev–Trinajstić information content (AvgIpc) is 3.15. The number of anilines is 1. The van der Waals surface area contributed by atoms with Crippen LogP contribution in [0.5, 0.6) is 0 Å². The summed E-state index contributed by atoms with van der Waals surface area (Å²) < 4.78 is 1.62. The van der Waals surface area contributed by atoms with Gasteiger partial charge in [0.1, 0.15) is 4.83 Å². The van der Waals surface area contributed by atoms with Gasteiger partial charge in [-0.2, -0.15) is 0 Å². The summed E-state index contributed by atoms with van der Waals surface area (Å²) >= 11 is 2.59. The maximum atomic E-state index is 12.6. The van der Waals surface area contributed by atoms with Crippen LogP contribution in [0.2, 0.25) is 0 Å². The van der Waals surface area contributed by atoms with Crippen molar-refractivity contribution >= 4 is 43.9 Å². The highest BCUT2D eigenvalue weighted by atomic mass is 32.1. The molecule has 6 nitrogen and oxygen atoms in total. The van der Waals surface area contributed by atoms with Gasteiger partial charge < -0.3 is 0 Å². The molecule has 0 unspecified atom stereocenters. The van der Waals surface area contributed by atoms with Crippen LogP contribution in [-0.2, 0) is 6.54 Å². The fourth-order valence-electron chi connectivity index (χ4n) is 2.30. The van der Waals surface area contributed by atoms with Crippen molar-refractivity contribution in [3.63, 3.8) is 0 Å². The number of nitrogens with one attached hydrogen (secondary N) is 1. The Hall–Kier alpha value is -2.06. The first-order valence-electron chi connectivity index (χ1n) is 7.31. The molecule has 0 atom stereocenters. The van der Waals surface area contributed by atoms with Crippen molar-refractivity contribution in [2.24, 2.45) is 0 Å². The van der Waals surface area contributed by atoms with Crippen LogP contribution in [0.1, 0.15) is 35.0 Å². The third-order valence-electron chi connectivity index (χ3n) is 3.53. The number of hydrogen-bond donors (Lipinski definition) is 1. The van der Waals surface area contributed by atoms with E-state index in [1.165, 1.54) is 22.7 Å². The first-order chi connectivity index (χ1) is 11.1. The fourth-order valence-corrected chi connectivity index (χ4v) is 3.86. The summed E-state index contributed by atoms with van der Waals surface area (Å²) in [6.07, 6.45) is 5.13. The third kappa shape index (κ3) is 3.04. The standard InChI is InChI=1S/C15H16N4O2S2/c1-3-4-6-19-8-17-13-10(14(19)21)9(2)11(23-13)12(20)18-15-16-5-7-22-15/h5,7-8H,3-4,6H2,1-2H3,(H,16,18,20). The van der Waals surface area contributed by atoms with Crippen LogP contribution in [-0.4, -0.2) is 20.4 Å². The maximum absolute atomic E-state index is 12.6. The molecule has 1 N–H and O–H groups in total. The molecule has 3 rings (SSSR count). The van der Waals surface area contributed by atoms with Gasteiger partial charge in [0.15, 0.2) is 5.13 Å². The number of carbonyl (C=O) groups excluding carboxylic acids is 1. The third-order valence-corrected chi connectivity index (χ3v) is 5.42. The molecule has 23 heavy (non-hydrogen) atoms. The molecule has 0 aliphatic carbocycles. The Morgan fingerprint density at radius 1 is 1.39 bits per heavy atom. The minimum absolute atomic E-state index is 0.0782. The normalized spacial score (nSPS) is 11.0. The lowest BCUT2D eigenvalue weighted by molar-refractivity contribution is 0.103. The Balaban J connectivity index is 1.99. The van der Waals surface area contributed by atoms with E-state index in [-0.39, 0.29) is 11.5 Å². The Kier molecular flexibility index (Phi) is 4.53. The molecule has 0 bridgehead atoms. The van der Waals surface area contributed by atoms with Gasteiger partial charge >= 0.3 is 0 Å². The lowest BCUT2D eigenvalue weighted by Crippen LogP contribution is -2.20. The van der Waals surface area contributed by atoms with Crippen LogP contribution in [0.25, 0.3) is 10.2 Å². The van der Waals surface area contributed by atoms with Gasteiger partial charge in [-0.3, -0.25) is 19.5 Å². The Labute approximate surface area is 140 Å². The number of amides is 1. The number of aryl methyl sites for hydroxylation is 2. The first-order valence-corrected chi connectivity index (χ1v) is 9.00. The average molecular weight is 348 g/mol. The van der Waals surface area contributed by atoms with Crippen molar-refractivity contribution in [2.45, 2.75) is 33.2 Å². The zero-order valence-corrected chi connectivity index (χ0v) is 14.5. The number of fused-ring (bicyclic) bond motifs is 1. The van der Waals surface area contributed by atoms with E-state index >= 15 is 0 Å². The summed E-state index contributed by atoms with van der Waals surface area (Å²) in [6.45, 7) is 4.52. The number of hydrogen-bond acceptors (Lipinski definition) is 6. The molecule has 0 saturated carbocycles. The zero-order chi connectivity index (χ0) is 16.4. The lowest BCUT2D eigenvalue weighted by Gasteiger charge is -2.03. The lowest BCUT2D eigenvalue weighted by atomic mass is 10.2. The van der Waals surface area contributed by atoms with Crippen molar-refractivity contribution in [3.05, 3.63) is 38.7 Å². The number of carbonyl (C=O) groups is 1. The number of rotatable bonds is 5. The molecular weight excluding hydrogens is 332 g/mol. The fraction of sp³-hybridized carbons (Fsp3) is 0.333. The van der Waals surface area contributed by atoms with Gasteiger partial charge in [-0.25, -0.2) is 9.97 Å². The van der Waals surface area contributed by atoms with Crippen molar-refractivity contribution in [3.8, 4) is 0 Å². The van der Waals surface area contributed by atoms with Crippen LogP contribution < -0.4 is 10.9 Å². The van der Waals surface area contributed by atoms with Crippen LogP contribution in [0, 0.1) is 6.92 Å². The minimum atomic E-state index is -0.250. The molecule has 0 saturated heterocycles. The highest BCUT2D eigenvalue weighted by molar-refractivity contribution is 7.20. The van der Waals surface area contributed by atoms with Gasteiger partial charge in [0, 0.05) is 18.1 Å². The topological polar surface area (TPSA) is 76.9 Å². The van der Waals surface area contributed by atoms with Gasteiger partial charge in [-0.05, 0) is 18.9 Å². The molecule has 0 aromatic carbocycles. The molecule has 0 aliphatic rings. The summed E-state index contributed by atoms with van der Waals surface area (Å²) in [5, 5.41) is 5.63. The Morgan fingerprint density at radius 3 is 2.91 bits per heavy atom. The second kappa shape index (κ2) is 6.59. The van der Waals surface area contributed by atoms with E-state index in [0.717, 1.165) is 12.8 Å². The highest BCUT2D eigenvalue weighted by Gasteiger charge is 2.20. The summed E-state index contributed by atoms with van der Waals surface area (Å²) in [7, 11) is 0. The van der Waals surface area contributed by atoms with Gasteiger partial charge in [0.2, 0.25) is 0 Å². The second-order valence-electron chi connectivity index (χ2n) is 5.12. The van der Waals surface area contributed by atoms with Crippen LogP contribution in [0.3, 0.4) is 0 Å². The number of aromatic nitrogens is 3. The second-order valence-corrected chi connectivity index (χ2v) is 7.02.